The topological polar surface area (TPSA) is 52.6 Å². The number of esters is 2. The summed E-state index contributed by atoms with van der Waals surface area (Å²) in [5.74, 6) is 1.54. The van der Waals surface area contributed by atoms with E-state index >= 15 is 0 Å². The summed E-state index contributed by atoms with van der Waals surface area (Å²) < 4.78 is 11.8. The Bertz CT molecular complexity index is 987. The quantitative estimate of drug-likeness (QED) is 0.338. The standard InChI is InChI=1S/C34H56O4/c1-21-28(38-23(3)36)24(37-22(2)35)19-26-31(21,7)12-11-25-32(26,8)16-18-34(10)27-20-29(4,5)13-14-30(27,6)15-17-33(25,34)9/h21,24-28H,11-20H2,1-10H3/t21-,24+,25-,26+,27+,28-,30+,31+,32+,33+,34-/m0/s1. The molecular formula is C34H56O4. The van der Waals surface area contributed by atoms with Crippen molar-refractivity contribution < 1.29 is 19.1 Å². The summed E-state index contributed by atoms with van der Waals surface area (Å²) >= 11 is 0. The molecule has 0 spiro atoms. The zero-order valence-electron chi connectivity index (χ0n) is 26.2. The lowest BCUT2D eigenvalue weighted by Crippen LogP contribution is -2.69. The van der Waals surface area contributed by atoms with E-state index in [4.69, 9.17) is 9.47 Å². The smallest absolute Gasteiger partial charge is 0.303 e. The minimum absolute atomic E-state index is 0.0716. The van der Waals surface area contributed by atoms with Crippen LogP contribution in [0.15, 0.2) is 0 Å². The van der Waals surface area contributed by atoms with Gasteiger partial charge in [-0.25, -0.2) is 0 Å². The van der Waals surface area contributed by atoms with Crippen molar-refractivity contribution in [3.63, 3.8) is 0 Å². The fourth-order valence-electron chi connectivity index (χ4n) is 12.0. The highest BCUT2D eigenvalue weighted by Crippen LogP contribution is 2.78. The number of rotatable bonds is 2. The van der Waals surface area contributed by atoms with Crippen LogP contribution in [0.2, 0.25) is 0 Å². The van der Waals surface area contributed by atoms with Gasteiger partial charge in [-0.3, -0.25) is 9.59 Å². The molecule has 38 heavy (non-hydrogen) atoms. The van der Waals surface area contributed by atoms with Crippen molar-refractivity contribution in [2.75, 3.05) is 0 Å². The largest absolute Gasteiger partial charge is 0.459 e. The van der Waals surface area contributed by atoms with Crippen molar-refractivity contribution in [2.24, 2.45) is 56.2 Å². The van der Waals surface area contributed by atoms with Crippen molar-refractivity contribution in [3.05, 3.63) is 0 Å². The summed E-state index contributed by atoms with van der Waals surface area (Å²) in [4.78, 5) is 24.3. The molecule has 0 aromatic rings. The summed E-state index contributed by atoms with van der Waals surface area (Å²) in [6, 6.07) is 0. The lowest BCUT2D eigenvalue weighted by Gasteiger charge is -2.75. The Hall–Kier alpha value is -1.06. The molecule has 0 unspecified atom stereocenters. The molecule has 4 nitrogen and oxygen atoms in total. The van der Waals surface area contributed by atoms with E-state index in [2.05, 4.69) is 55.4 Å². The number of ether oxygens (including phenoxy) is 2. The predicted octanol–water partition coefficient (Wildman–Crippen LogP) is 8.36. The second-order valence-electron chi connectivity index (χ2n) is 16.8. The summed E-state index contributed by atoms with van der Waals surface area (Å²) in [5, 5.41) is 0. The lowest BCUT2D eigenvalue weighted by molar-refractivity contribution is -0.273. The molecule has 5 aliphatic carbocycles. The molecule has 0 aromatic heterocycles. The van der Waals surface area contributed by atoms with Crippen molar-refractivity contribution >= 4 is 11.9 Å². The highest BCUT2D eigenvalue weighted by molar-refractivity contribution is 5.67. The van der Waals surface area contributed by atoms with Gasteiger partial charge in [-0.2, -0.15) is 0 Å². The lowest BCUT2D eigenvalue weighted by atomic mass is 9.30. The van der Waals surface area contributed by atoms with Crippen LogP contribution in [0.4, 0.5) is 0 Å². The molecule has 5 aliphatic rings. The minimum atomic E-state index is -0.359. The van der Waals surface area contributed by atoms with E-state index in [-0.39, 0.29) is 40.9 Å². The molecule has 0 saturated heterocycles. The van der Waals surface area contributed by atoms with Crippen molar-refractivity contribution in [1.29, 1.82) is 0 Å². The molecular weight excluding hydrogens is 472 g/mol. The van der Waals surface area contributed by atoms with Crippen LogP contribution in [0.3, 0.4) is 0 Å². The third-order valence-electron chi connectivity index (χ3n) is 14.6. The first-order valence-corrected chi connectivity index (χ1v) is 15.8. The second-order valence-corrected chi connectivity index (χ2v) is 16.8. The third-order valence-corrected chi connectivity index (χ3v) is 14.6. The summed E-state index contributed by atoms with van der Waals surface area (Å²) in [5.41, 5.74) is 1.89. The van der Waals surface area contributed by atoms with Gasteiger partial charge < -0.3 is 9.47 Å². The fraction of sp³-hybridized carbons (Fsp3) is 0.941. The normalized spacial score (nSPS) is 53.4. The number of hydrogen-bond acceptors (Lipinski definition) is 4. The van der Waals surface area contributed by atoms with E-state index in [1.54, 1.807) is 0 Å². The summed E-state index contributed by atoms with van der Waals surface area (Å²) in [6.45, 7) is 23.3. The van der Waals surface area contributed by atoms with E-state index in [1.807, 2.05) is 0 Å². The van der Waals surface area contributed by atoms with Crippen LogP contribution in [-0.2, 0) is 19.1 Å². The van der Waals surface area contributed by atoms with Gasteiger partial charge in [-0.1, -0.05) is 55.4 Å². The van der Waals surface area contributed by atoms with Crippen molar-refractivity contribution in [3.8, 4) is 0 Å². The van der Waals surface area contributed by atoms with Gasteiger partial charge in [-0.15, -0.1) is 0 Å². The Morgan fingerprint density at radius 2 is 1.24 bits per heavy atom. The second kappa shape index (κ2) is 8.72. The molecule has 5 rings (SSSR count). The van der Waals surface area contributed by atoms with Gasteiger partial charge in [0.05, 0.1) is 0 Å². The van der Waals surface area contributed by atoms with Gasteiger partial charge in [0.15, 0.2) is 0 Å². The molecule has 0 aromatic carbocycles. The summed E-state index contributed by atoms with van der Waals surface area (Å²) in [6.07, 6.45) is 11.9. The first kappa shape index (κ1) is 28.5. The first-order valence-electron chi connectivity index (χ1n) is 15.8. The zero-order valence-corrected chi connectivity index (χ0v) is 26.2. The van der Waals surface area contributed by atoms with Crippen LogP contribution in [0, 0.1) is 56.2 Å². The molecule has 0 N–H and O–H groups in total. The van der Waals surface area contributed by atoms with Gasteiger partial charge in [0.2, 0.25) is 0 Å². The number of fused-ring (bicyclic) bond motifs is 7. The maximum atomic E-state index is 12.2. The third kappa shape index (κ3) is 3.87. The van der Waals surface area contributed by atoms with Gasteiger partial charge in [0.25, 0.3) is 0 Å². The Morgan fingerprint density at radius 3 is 1.87 bits per heavy atom. The maximum Gasteiger partial charge on any atom is 0.303 e. The molecule has 216 valence electrons. The average Bonchev–Trinajstić information content (AvgIpc) is 2.80. The fourth-order valence-corrected chi connectivity index (χ4v) is 12.0. The molecule has 4 heteroatoms. The molecule has 11 atom stereocenters. The summed E-state index contributed by atoms with van der Waals surface area (Å²) in [7, 11) is 0. The predicted molar refractivity (Wildman–Crippen MR) is 151 cm³/mol. The Kier molecular flexibility index (Phi) is 6.53. The van der Waals surface area contributed by atoms with Gasteiger partial charge in [-0.05, 0) is 114 Å². The highest BCUT2D eigenvalue weighted by Gasteiger charge is 2.71. The van der Waals surface area contributed by atoms with E-state index in [0.29, 0.717) is 33.5 Å². The Balaban J connectivity index is 1.52. The SMILES string of the molecule is CC(=O)O[C@@H]1[C@H](OC(C)=O)C[C@@H]2[C@](C)(CC[C@H]3[C@@]2(C)CC[C@@]2(C)[C@@H]4CC(C)(C)CC[C@]4(C)CC[C@]32C)[C@H]1C. The minimum Gasteiger partial charge on any atom is -0.459 e. The first-order chi connectivity index (χ1) is 17.4. The molecule has 0 bridgehead atoms. The maximum absolute atomic E-state index is 12.2. The van der Waals surface area contributed by atoms with Crippen LogP contribution in [0.5, 0.6) is 0 Å². The van der Waals surface area contributed by atoms with Crippen molar-refractivity contribution in [1.82, 2.24) is 0 Å². The van der Waals surface area contributed by atoms with Gasteiger partial charge >= 0.3 is 11.9 Å². The molecule has 5 fully saturated rings. The monoisotopic (exact) mass is 528 g/mol. The van der Waals surface area contributed by atoms with Crippen LogP contribution in [-0.4, -0.2) is 24.1 Å². The van der Waals surface area contributed by atoms with Crippen LogP contribution in [0.25, 0.3) is 0 Å². The van der Waals surface area contributed by atoms with E-state index < -0.39 is 0 Å². The van der Waals surface area contributed by atoms with Gasteiger partial charge in [0, 0.05) is 19.8 Å². The van der Waals surface area contributed by atoms with Crippen LogP contribution >= 0.6 is 0 Å². The molecule has 0 radical (unpaired) electrons. The molecule has 0 amide bonds. The molecule has 0 heterocycles. The van der Waals surface area contributed by atoms with E-state index in [9.17, 15) is 9.59 Å². The Labute approximate surface area is 232 Å². The van der Waals surface area contributed by atoms with Gasteiger partial charge in [0.1, 0.15) is 12.2 Å². The van der Waals surface area contributed by atoms with Crippen LogP contribution in [0.1, 0.15) is 133 Å². The average molecular weight is 529 g/mol. The van der Waals surface area contributed by atoms with Crippen LogP contribution < -0.4 is 0 Å². The Morgan fingerprint density at radius 1 is 0.658 bits per heavy atom. The van der Waals surface area contributed by atoms with E-state index in [1.165, 1.54) is 71.6 Å². The molecule has 5 saturated carbocycles. The zero-order chi connectivity index (χ0) is 28.1. The number of hydrogen-bond donors (Lipinski definition) is 0. The molecule has 0 aliphatic heterocycles. The number of carbonyl (C=O) groups excluding carboxylic acids is 2. The van der Waals surface area contributed by atoms with E-state index in [0.717, 1.165) is 12.3 Å². The van der Waals surface area contributed by atoms with Crippen molar-refractivity contribution in [2.45, 2.75) is 146 Å². The highest BCUT2D eigenvalue weighted by atomic mass is 16.6. The number of carbonyl (C=O) groups is 2.